The Balaban J connectivity index is 1.79. The lowest BCUT2D eigenvalue weighted by Crippen LogP contribution is -2.36. The van der Waals surface area contributed by atoms with E-state index in [9.17, 15) is 9.59 Å². The molecular formula is C17H20N4O3. The van der Waals surface area contributed by atoms with Gasteiger partial charge in [-0.25, -0.2) is 9.67 Å². The van der Waals surface area contributed by atoms with E-state index in [1.807, 2.05) is 19.9 Å². The molecule has 1 saturated heterocycles. The summed E-state index contributed by atoms with van der Waals surface area (Å²) in [6.45, 7) is 4.45. The van der Waals surface area contributed by atoms with E-state index in [-0.39, 0.29) is 18.4 Å². The second-order valence-electron chi connectivity index (χ2n) is 6.14. The lowest BCUT2D eigenvalue weighted by atomic mass is 10.1. The molecule has 3 rings (SSSR count). The summed E-state index contributed by atoms with van der Waals surface area (Å²) in [5.74, 6) is -0.385. The zero-order valence-corrected chi connectivity index (χ0v) is 13.8. The van der Waals surface area contributed by atoms with Crippen molar-refractivity contribution in [3.05, 3.63) is 41.3 Å². The van der Waals surface area contributed by atoms with Crippen LogP contribution in [-0.4, -0.2) is 49.2 Å². The average Bonchev–Trinajstić information content (AvgIpc) is 3.12. The van der Waals surface area contributed by atoms with Gasteiger partial charge < -0.3 is 10.0 Å². The van der Waals surface area contributed by atoms with E-state index >= 15 is 0 Å². The molecule has 7 nitrogen and oxygen atoms in total. The second-order valence-corrected chi connectivity index (χ2v) is 6.14. The number of hydrogen-bond donors (Lipinski definition) is 1. The lowest BCUT2D eigenvalue weighted by Gasteiger charge is -2.23. The summed E-state index contributed by atoms with van der Waals surface area (Å²) < 4.78 is 1.73. The Morgan fingerprint density at radius 1 is 1.33 bits per heavy atom. The highest BCUT2D eigenvalue weighted by molar-refractivity contribution is 5.94. The predicted octanol–water partition coefficient (Wildman–Crippen LogP) is 1.96. The topological polar surface area (TPSA) is 88.3 Å². The summed E-state index contributed by atoms with van der Waals surface area (Å²) in [5, 5.41) is 13.3. The monoisotopic (exact) mass is 328 g/mol. The summed E-state index contributed by atoms with van der Waals surface area (Å²) >= 11 is 0. The first-order valence-corrected chi connectivity index (χ1v) is 7.98. The van der Waals surface area contributed by atoms with Crippen molar-refractivity contribution in [2.45, 2.75) is 39.2 Å². The molecule has 1 fully saturated rings. The van der Waals surface area contributed by atoms with Crippen LogP contribution in [0, 0.1) is 13.8 Å². The predicted molar refractivity (Wildman–Crippen MR) is 87.1 cm³/mol. The van der Waals surface area contributed by atoms with Gasteiger partial charge in [0.1, 0.15) is 0 Å². The third-order valence-electron chi connectivity index (χ3n) is 4.27. The highest BCUT2D eigenvalue weighted by atomic mass is 16.4. The van der Waals surface area contributed by atoms with Crippen LogP contribution in [0.15, 0.2) is 24.4 Å². The maximum absolute atomic E-state index is 12.6. The van der Waals surface area contributed by atoms with Crippen molar-refractivity contribution in [1.29, 1.82) is 0 Å². The Morgan fingerprint density at radius 3 is 2.71 bits per heavy atom. The van der Waals surface area contributed by atoms with Gasteiger partial charge in [-0.3, -0.25) is 9.59 Å². The fourth-order valence-corrected chi connectivity index (χ4v) is 3.18. The van der Waals surface area contributed by atoms with Gasteiger partial charge in [0.2, 0.25) is 0 Å². The van der Waals surface area contributed by atoms with E-state index in [1.54, 1.807) is 21.7 Å². The maximum atomic E-state index is 12.6. The van der Waals surface area contributed by atoms with Crippen molar-refractivity contribution in [3.8, 4) is 5.82 Å². The van der Waals surface area contributed by atoms with E-state index in [2.05, 4.69) is 10.1 Å². The van der Waals surface area contributed by atoms with E-state index in [4.69, 9.17) is 5.11 Å². The lowest BCUT2D eigenvalue weighted by molar-refractivity contribution is -0.137. The van der Waals surface area contributed by atoms with Gasteiger partial charge >= 0.3 is 5.97 Å². The van der Waals surface area contributed by atoms with Crippen molar-refractivity contribution in [3.63, 3.8) is 0 Å². The summed E-state index contributed by atoms with van der Waals surface area (Å²) in [6, 6.07) is 5.21. The van der Waals surface area contributed by atoms with Crippen LogP contribution in [0.25, 0.3) is 5.82 Å². The molecule has 24 heavy (non-hydrogen) atoms. The summed E-state index contributed by atoms with van der Waals surface area (Å²) in [6.07, 6.45) is 3.09. The Bertz CT molecular complexity index is 767. The van der Waals surface area contributed by atoms with E-state index in [0.717, 1.165) is 24.2 Å². The molecule has 0 aromatic carbocycles. The van der Waals surface area contributed by atoms with Crippen LogP contribution in [-0.2, 0) is 4.79 Å². The number of carboxylic acid groups (broad SMARTS) is 1. The molecule has 1 N–H and O–H groups in total. The Hall–Kier alpha value is -2.70. The molecule has 3 heterocycles. The average molecular weight is 328 g/mol. The number of aryl methyl sites for hydroxylation is 2. The standard InChI is InChI=1S/C17H20N4O3/c1-11-8-12(2)21(19-11)15-6-5-13(10-18-15)17(24)20-7-3-4-14(20)9-16(22)23/h5-6,8,10,14H,3-4,7,9H2,1-2H3,(H,22,23). The molecule has 0 radical (unpaired) electrons. The van der Waals surface area contributed by atoms with E-state index < -0.39 is 5.97 Å². The molecule has 0 aliphatic carbocycles. The molecule has 0 spiro atoms. The van der Waals surface area contributed by atoms with Gasteiger partial charge in [0.15, 0.2) is 5.82 Å². The highest BCUT2D eigenvalue weighted by Gasteiger charge is 2.31. The van der Waals surface area contributed by atoms with Crippen LogP contribution in [0.4, 0.5) is 0 Å². The molecule has 2 aromatic heterocycles. The molecule has 1 unspecified atom stereocenters. The summed E-state index contributed by atoms with van der Waals surface area (Å²) in [7, 11) is 0. The minimum absolute atomic E-state index is 0.0109. The molecular weight excluding hydrogens is 308 g/mol. The van der Waals surface area contributed by atoms with Crippen LogP contribution in [0.1, 0.15) is 41.0 Å². The van der Waals surface area contributed by atoms with Crippen molar-refractivity contribution >= 4 is 11.9 Å². The third kappa shape index (κ3) is 3.15. The SMILES string of the molecule is Cc1cc(C)n(-c2ccc(C(=O)N3CCCC3CC(=O)O)cn2)n1. The van der Waals surface area contributed by atoms with Crippen molar-refractivity contribution in [2.24, 2.45) is 0 Å². The van der Waals surface area contributed by atoms with E-state index in [1.165, 1.54) is 6.20 Å². The fraction of sp³-hybridized carbons (Fsp3) is 0.412. The Morgan fingerprint density at radius 2 is 2.12 bits per heavy atom. The first-order chi connectivity index (χ1) is 11.5. The molecule has 126 valence electrons. The van der Waals surface area contributed by atoms with Crippen molar-refractivity contribution in [1.82, 2.24) is 19.7 Å². The number of likely N-dealkylation sites (tertiary alicyclic amines) is 1. The normalized spacial score (nSPS) is 17.2. The van der Waals surface area contributed by atoms with Gasteiger partial charge in [0, 0.05) is 24.5 Å². The molecule has 1 amide bonds. The molecule has 0 saturated carbocycles. The van der Waals surface area contributed by atoms with Gasteiger partial charge in [-0.1, -0.05) is 0 Å². The van der Waals surface area contributed by atoms with Gasteiger partial charge in [-0.15, -0.1) is 0 Å². The zero-order chi connectivity index (χ0) is 17.3. The number of carbonyl (C=O) groups is 2. The third-order valence-corrected chi connectivity index (χ3v) is 4.27. The molecule has 1 aliphatic rings. The quantitative estimate of drug-likeness (QED) is 0.927. The number of rotatable bonds is 4. The minimum atomic E-state index is -0.877. The number of amides is 1. The second kappa shape index (κ2) is 6.43. The van der Waals surface area contributed by atoms with Gasteiger partial charge in [0.25, 0.3) is 5.91 Å². The van der Waals surface area contributed by atoms with Crippen molar-refractivity contribution < 1.29 is 14.7 Å². The molecule has 1 aliphatic heterocycles. The largest absolute Gasteiger partial charge is 0.481 e. The number of nitrogens with zero attached hydrogens (tertiary/aromatic N) is 4. The van der Waals surface area contributed by atoms with Crippen LogP contribution in [0.5, 0.6) is 0 Å². The number of carbonyl (C=O) groups excluding carboxylic acids is 1. The molecule has 7 heteroatoms. The number of hydrogen-bond acceptors (Lipinski definition) is 4. The maximum Gasteiger partial charge on any atom is 0.305 e. The van der Waals surface area contributed by atoms with Crippen LogP contribution in [0.3, 0.4) is 0 Å². The van der Waals surface area contributed by atoms with Crippen LogP contribution >= 0.6 is 0 Å². The molecule has 0 bridgehead atoms. The number of pyridine rings is 1. The first kappa shape index (κ1) is 16.2. The van der Waals surface area contributed by atoms with E-state index in [0.29, 0.717) is 17.9 Å². The highest BCUT2D eigenvalue weighted by Crippen LogP contribution is 2.22. The zero-order valence-electron chi connectivity index (χ0n) is 13.8. The van der Waals surface area contributed by atoms with Gasteiger partial charge in [0.05, 0.1) is 17.7 Å². The first-order valence-electron chi connectivity index (χ1n) is 7.98. The number of aromatic nitrogens is 3. The van der Waals surface area contributed by atoms with Crippen LogP contribution < -0.4 is 0 Å². The van der Waals surface area contributed by atoms with Crippen molar-refractivity contribution in [2.75, 3.05) is 6.54 Å². The number of aliphatic carboxylic acids is 1. The van der Waals surface area contributed by atoms with Gasteiger partial charge in [-0.2, -0.15) is 5.10 Å². The van der Waals surface area contributed by atoms with Gasteiger partial charge in [-0.05, 0) is 44.9 Å². The smallest absolute Gasteiger partial charge is 0.305 e. The number of carboxylic acids is 1. The Labute approximate surface area is 139 Å². The molecule has 2 aromatic rings. The summed E-state index contributed by atoms with van der Waals surface area (Å²) in [4.78, 5) is 29.5. The fourth-order valence-electron chi connectivity index (χ4n) is 3.18. The molecule has 1 atom stereocenters. The van der Waals surface area contributed by atoms with Crippen LogP contribution in [0.2, 0.25) is 0 Å². The summed E-state index contributed by atoms with van der Waals surface area (Å²) in [5.41, 5.74) is 2.35. The minimum Gasteiger partial charge on any atom is -0.481 e. The Kier molecular flexibility index (Phi) is 4.33.